The number of nitrogens with one attached hydrogen (secondary N) is 1. The minimum absolute atomic E-state index is 0. The molecule has 7 nitrogen and oxygen atoms in total. The normalized spacial score (nSPS) is 15.1. The van der Waals surface area contributed by atoms with Crippen LogP contribution in [0.25, 0.3) is 0 Å². The van der Waals surface area contributed by atoms with Crippen LogP contribution >= 0.6 is 35.6 Å². The van der Waals surface area contributed by atoms with Gasteiger partial charge in [0.15, 0.2) is 5.96 Å². The molecule has 0 spiro atoms. The van der Waals surface area contributed by atoms with E-state index in [0.717, 1.165) is 48.4 Å². The molecule has 1 heterocycles. The van der Waals surface area contributed by atoms with Crippen LogP contribution < -0.4 is 15.4 Å². The Morgan fingerprint density at radius 1 is 1.14 bits per heavy atom. The van der Waals surface area contributed by atoms with Crippen molar-refractivity contribution < 1.29 is 8.42 Å². The molecule has 3 rings (SSSR count). The van der Waals surface area contributed by atoms with Gasteiger partial charge in [0.05, 0.1) is 15.6 Å². The lowest BCUT2D eigenvalue weighted by molar-refractivity contribution is 0.372. The number of para-hydroxylation sites is 1. The van der Waals surface area contributed by atoms with Crippen LogP contribution in [0.15, 0.2) is 58.4 Å². The molecule has 1 saturated heterocycles. The molecule has 0 aromatic heterocycles. The maximum Gasteiger partial charge on any atom is 0.238 e. The van der Waals surface area contributed by atoms with Crippen molar-refractivity contribution in [1.82, 2.24) is 10.2 Å². The molecule has 2 aromatic rings. The van der Waals surface area contributed by atoms with Crippen LogP contribution in [-0.2, 0) is 16.6 Å². The number of primary sulfonamides is 1. The van der Waals surface area contributed by atoms with Gasteiger partial charge in [-0.15, -0.1) is 24.0 Å². The van der Waals surface area contributed by atoms with Crippen molar-refractivity contribution in [3.05, 3.63) is 59.1 Å². The average Bonchev–Trinajstić information content (AvgIpc) is 2.69. The van der Waals surface area contributed by atoms with E-state index in [1.165, 1.54) is 6.07 Å². The first-order chi connectivity index (χ1) is 13.4. The predicted molar refractivity (Wildman–Crippen MR) is 129 cm³/mol. The van der Waals surface area contributed by atoms with Gasteiger partial charge >= 0.3 is 0 Å². The van der Waals surface area contributed by atoms with E-state index in [4.69, 9.17) is 16.7 Å². The quantitative estimate of drug-likeness (QED) is 0.347. The topological polar surface area (TPSA) is 91.0 Å². The summed E-state index contributed by atoms with van der Waals surface area (Å²) in [5.41, 5.74) is 1.87. The van der Waals surface area contributed by atoms with Gasteiger partial charge in [0, 0.05) is 39.8 Å². The van der Waals surface area contributed by atoms with E-state index in [-0.39, 0.29) is 28.9 Å². The fourth-order valence-electron chi connectivity index (χ4n) is 3.21. The fraction of sp³-hybridized carbons (Fsp3) is 0.316. The molecule has 0 amide bonds. The van der Waals surface area contributed by atoms with E-state index in [1.54, 1.807) is 19.2 Å². The second-order valence-corrected chi connectivity index (χ2v) is 8.49. The number of nitrogens with zero attached hydrogens (tertiary/aromatic N) is 3. The highest BCUT2D eigenvalue weighted by molar-refractivity contribution is 14.0. The number of sulfonamides is 1. The van der Waals surface area contributed by atoms with Crippen molar-refractivity contribution in [1.29, 1.82) is 0 Å². The third kappa shape index (κ3) is 6.21. The number of rotatable bonds is 4. The number of piperazine rings is 1. The Labute approximate surface area is 194 Å². The summed E-state index contributed by atoms with van der Waals surface area (Å²) in [6.45, 7) is 3.75. The van der Waals surface area contributed by atoms with Crippen LogP contribution in [0.3, 0.4) is 0 Å². The summed E-state index contributed by atoms with van der Waals surface area (Å²) in [7, 11) is -1.97. The van der Waals surface area contributed by atoms with E-state index in [1.807, 2.05) is 30.3 Å². The van der Waals surface area contributed by atoms with Gasteiger partial charge in [-0.25, -0.2) is 13.6 Å². The smallest absolute Gasteiger partial charge is 0.238 e. The van der Waals surface area contributed by atoms with Crippen LogP contribution in [0.2, 0.25) is 5.02 Å². The predicted octanol–water partition coefficient (Wildman–Crippen LogP) is 2.50. The summed E-state index contributed by atoms with van der Waals surface area (Å²) in [6, 6.07) is 14.4. The molecule has 0 saturated carbocycles. The molecular formula is C19H25ClIN5O2S. The second-order valence-electron chi connectivity index (χ2n) is 6.52. The van der Waals surface area contributed by atoms with Crippen LogP contribution in [0, 0.1) is 0 Å². The molecule has 3 N–H and O–H groups in total. The molecule has 0 bridgehead atoms. The SMILES string of the molecule is CN=C(NCc1cccc(S(N)(=O)=O)c1)N1CCN(c2ccccc2Cl)CC1.I. The van der Waals surface area contributed by atoms with E-state index < -0.39 is 10.0 Å². The number of hydrogen-bond acceptors (Lipinski definition) is 4. The van der Waals surface area contributed by atoms with E-state index >= 15 is 0 Å². The minimum Gasteiger partial charge on any atom is -0.367 e. The summed E-state index contributed by atoms with van der Waals surface area (Å²) in [5, 5.41) is 9.26. The first kappa shape index (κ1) is 23.7. The van der Waals surface area contributed by atoms with Crippen molar-refractivity contribution in [2.45, 2.75) is 11.4 Å². The molecule has 158 valence electrons. The Morgan fingerprint density at radius 2 is 1.83 bits per heavy atom. The number of hydrogen-bond donors (Lipinski definition) is 2. The number of aliphatic imine (C=N–C) groups is 1. The maximum absolute atomic E-state index is 11.5. The van der Waals surface area contributed by atoms with Gasteiger partial charge in [-0.05, 0) is 29.8 Å². The first-order valence-electron chi connectivity index (χ1n) is 8.95. The van der Waals surface area contributed by atoms with Crippen LogP contribution in [0.4, 0.5) is 5.69 Å². The lowest BCUT2D eigenvalue weighted by Gasteiger charge is -2.38. The third-order valence-electron chi connectivity index (χ3n) is 4.66. The lowest BCUT2D eigenvalue weighted by Crippen LogP contribution is -2.52. The summed E-state index contributed by atoms with van der Waals surface area (Å²) in [5.74, 6) is 0.778. The van der Waals surface area contributed by atoms with Crippen LogP contribution in [0.1, 0.15) is 5.56 Å². The standard InChI is InChI=1S/C19H24ClN5O2S.HI/c1-22-19(23-14-15-5-4-6-16(13-15)28(21,26)27)25-11-9-24(10-12-25)18-8-3-2-7-17(18)20;/h2-8,13H,9-12,14H2,1H3,(H,22,23)(H2,21,26,27);1H. The maximum atomic E-state index is 11.5. The van der Waals surface area contributed by atoms with Crippen molar-refractivity contribution in [2.24, 2.45) is 10.1 Å². The average molecular weight is 550 g/mol. The molecule has 29 heavy (non-hydrogen) atoms. The van der Waals surface area contributed by atoms with Gasteiger partial charge in [-0.2, -0.15) is 0 Å². The highest BCUT2D eigenvalue weighted by atomic mass is 127. The Morgan fingerprint density at radius 3 is 2.45 bits per heavy atom. The van der Waals surface area contributed by atoms with Crippen molar-refractivity contribution in [3.8, 4) is 0 Å². The molecule has 1 aliphatic heterocycles. The molecule has 0 atom stereocenters. The number of anilines is 1. The van der Waals surface area contributed by atoms with Gasteiger partial charge < -0.3 is 15.1 Å². The van der Waals surface area contributed by atoms with Gasteiger partial charge in [0.25, 0.3) is 0 Å². The highest BCUT2D eigenvalue weighted by Gasteiger charge is 2.21. The second kappa shape index (κ2) is 10.5. The number of guanidine groups is 1. The zero-order valence-electron chi connectivity index (χ0n) is 16.1. The van der Waals surface area contributed by atoms with Crippen molar-refractivity contribution in [2.75, 3.05) is 38.1 Å². The summed E-state index contributed by atoms with van der Waals surface area (Å²) < 4.78 is 23.0. The molecule has 0 aliphatic carbocycles. The largest absolute Gasteiger partial charge is 0.367 e. The van der Waals surface area contributed by atoms with Gasteiger partial charge in [-0.1, -0.05) is 35.9 Å². The van der Waals surface area contributed by atoms with Gasteiger partial charge in [0.1, 0.15) is 0 Å². The number of benzene rings is 2. The van der Waals surface area contributed by atoms with Crippen LogP contribution in [-0.4, -0.2) is 52.5 Å². The lowest BCUT2D eigenvalue weighted by atomic mass is 10.2. The molecule has 10 heteroatoms. The third-order valence-corrected chi connectivity index (χ3v) is 5.89. The molecule has 2 aromatic carbocycles. The van der Waals surface area contributed by atoms with Crippen LogP contribution in [0.5, 0.6) is 0 Å². The highest BCUT2D eigenvalue weighted by Crippen LogP contribution is 2.26. The number of nitrogens with two attached hydrogens (primary N) is 1. The first-order valence-corrected chi connectivity index (χ1v) is 10.9. The summed E-state index contributed by atoms with van der Waals surface area (Å²) >= 11 is 6.30. The fourth-order valence-corrected chi connectivity index (χ4v) is 4.05. The molecule has 0 radical (unpaired) electrons. The Hall–Kier alpha value is -1.56. The summed E-state index contributed by atoms with van der Waals surface area (Å²) in [4.78, 5) is 8.91. The molecule has 0 unspecified atom stereocenters. The monoisotopic (exact) mass is 549 g/mol. The van der Waals surface area contributed by atoms with Gasteiger partial charge in [0.2, 0.25) is 10.0 Å². The van der Waals surface area contributed by atoms with E-state index in [2.05, 4.69) is 20.1 Å². The Kier molecular flexibility index (Phi) is 8.56. The van der Waals surface area contributed by atoms with Crippen molar-refractivity contribution in [3.63, 3.8) is 0 Å². The summed E-state index contributed by atoms with van der Waals surface area (Å²) in [6.07, 6.45) is 0. The molecular weight excluding hydrogens is 525 g/mol. The molecule has 1 aliphatic rings. The van der Waals surface area contributed by atoms with Gasteiger partial charge in [-0.3, -0.25) is 4.99 Å². The van der Waals surface area contributed by atoms with Crippen molar-refractivity contribution >= 4 is 57.2 Å². The van der Waals surface area contributed by atoms with E-state index in [0.29, 0.717) is 6.54 Å². The van der Waals surface area contributed by atoms with E-state index in [9.17, 15) is 8.42 Å². The minimum atomic E-state index is -3.71. The Bertz CT molecular complexity index is 963. The molecule has 1 fully saturated rings. The Balaban J connectivity index is 0.00000300. The zero-order valence-corrected chi connectivity index (χ0v) is 20.0. The zero-order chi connectivity index (χ0) is 20.1. The number of halogens is 2.